The molecule has 4 nitrogen and oxygen atoms in total. The molecule has 0 fully saturated rings. The lowest BCUT2D eigenvalue weighted by atomic mass is 10.1. The van der Waals surface area contributed by atoms with E-state index in [1.54, 1.807) is 0 Å². The van der Waals surface area contributed by atoms with Crippen LogP contribution in [0.25, 0.3) is 0 Å². The van der Waals surface area contributed by atoms with Crippen LogP contribution in [0, 0.1) is 4.77 Å². The Morgan fingerprint density at radius 3 is 2.56 bits per heavy atom. The molecular formula is C11H10N2O2S. The lowest BCUT2D eigenvalue weighted by Crippen LogP contribution is -2.02. The first-order chi connectivity index (χ1) is 7.66. The molecule has 1 aromatic heterocycles. The number of aromatic nitrogens is 2. The van der Waals surface area contributed by atoms with Gasteiger partial charge < -0.3 is 15.1 Å². The Labute approximate surface area is 97.0 Å². The van der Waals surface area contributed by atoms with Gasteiger partial charge in [0.15, 0.2) is 4.77 Å². The number of rotatable bonds is 3. The van der Waals surface area contributed by atoms with E-state index in [1.807, 2.05) is 30.3 Å². The van der Waals surface area contributed by atoms with Crippen molar-refractivity contribution in [2.45, 2.75) is 6.42 Å². The van der Waals surface area contributed by atoms with Gasteiger partial charge in [-0.05, 0) is 17.8 Å². The molecule has 0 aliphatic rings. The highest BCUT2D eigenvalue weighted by molar-refractivity contribution is 7.71. The van der Waals surface area contributed by atoms with Crippen LogP contribution in [-0.2, 0) is 6.42 Å². The van der Waals surface area contributed by atoms with Crippen molar-refractivity contribution in [2.24, 2.45) is 0 Å². The van der Waals surface area contributed by atoms with Gasteiger partial charge in [0.25, 0.3) is 0 Å². The minimum atomic E-state index is -1.00. The van der Waals surface area contributed by atoms with E-state index < -0.39 is 5.97 Å². The summed E-state index contributed by atoms with van der Waals surface area (Å²) >= 11 is 4.88. The number of carbonyl (C=O) groups is 1. The van der Waals surface area contributed by atoms with Crippen molar-refractivity contribution >= 4 is 18.2 Å². The number of nitrogens with one attached hydrogen (secondary N) is 2. The third kappa shape index (κ3) is 2.20. The van der Waals surface area contributed by atoms with Crippen molar-refractivity contribution in [3.8, 4) is 0 Å². The molecule has 1 aromatic carbocycles. The van der Waals surface area contributed by atoms with Crippen LogP contribution in [0.15, 0.2) is 30.3 Å². The Morgan fingerprint density at radius 1 is 1.25 bits per heavy atom. The largest absolute Gasteiger partial charge is 0.477 e. The zero-order valence-corrected chi connectivity index (χ0v) is 9.17. The Balaban J connectivity index is 2.35. The van der Waals surface area contributed by atoms with Gasteiger partial charge in [-0.25, -0.2) is 4.79 Å². The van der Waals surface area contributed by atoms with E-state index in [0.717, 1.165) is 5.56 Å². The normalized spacial score (nSPS) is 10.2. The second kappa shape index (κ2) is 4.32. The van der Waals surface area contributed by atoms with E-state index in [2.05, 4.69) is 9.97 Å². The topological polar surface area (TPSA) is 68.9 Å². The average molecular weight is 234 g/mol. The minimum absolute atomic E-state index is 0.133. The monoisotopic (exact) mass is 234 g/mol. The SMILES string of the molecule is O=C(O)c1[nH]c(=S)[nH]c1Cc1ccccc1. The van der Waals surface area contributed by atoms with E-state index in [1.165, 1.54) is 0 Å². The summed E-state index contributed by atoms with van der Waals surface area (Å²) in [7, 11) is 0. The molecule has 0 amide bonds. The first kappa shape index (κ1) is 10.6. The summed E-state index contributed by atoms with van der Waals surface area (Å²) in [5, 5.41) is 8.96. The molecule has 0 unspecified atom stereocenters. The molecule has 0 aliphatic heterocycles. The third-order valence-corrected chi connectivity index (χ3v) is 2.45. The van der Waals surface area contributed by atoms with Crippen LogP contribution in [-0.4, -0.2) is 21.0 Å². The van der Waals surface area contributed by atoms with Gasteiger partial charge in [-0.1, -0.05) is 30.3 Å². The van der Waals surface area contributed by atoms with Gasteiger partial charge >= 0.3 is 5.97 Å². The number of carboxylic acids is 1. The molecule has 0 bridgehead atoms. The Bertz CT molecular complexity index is 557. The van der Waals surface area contributed by atoms with E-state index in [9.17, 15) is 4.79 Å². The molecule has 5 heteroatoms. The summed E-state index contributed by atoms with van der Waals surface area (Å²) in [6, 6.07) is 9.63. The number of aromatic carboxylic acids is 1. The Morgan fingerprint density at radius 2 is 1.94 bits per heavy atom. The number of benzene rings is 1. The van der Waals surface area contributed by atoms with Crippen molar-refractivity contribution < 1.29 is 9.90 Å². The molecule has 16 heavy (non-hydrogen) atoms. The number of H-pyrrole nitrogens is 2. The highest BCUT2D eigenvalue weighted by Gasteiger charge is 2.12. The van der Waals surface area contributed by atoms with E-state index in [4.69, 9.17) is 17.3 Å². The number of hydrogen-bond acceptors (Lipinski definition) is 2. The highest BCUT2D eigenvalue weighted by Crippen LogP contribution is 2.11. The van der Waals surface area contributed by atoms with Crippen molar-refractivity contribution in [3.05, 3.63) is 52.1 Å². The second-order valence-electron chi connectivity index (χ2n) is 3.40. The predicted octanol–water partition coefficient (Wildman–Crippen LogP) is 2.36. The first-order valence-corrected chi connectivity index (χ1v) is 5.16. The Kier molecular flexibility index (Phi) is 2.87. The summed E-state index contributed by atoms with van der Waals surface area (Å²) in [6.07, 6.45) is 0.523. The summed E-state index contributed by atoms with van der Waals surface area (Å²) in [5.41, 5.74) is 1.77. The summed E-state index contributed by atoms with van der Waals surface area (Å²) in [5.74, 6) is -1.00. The van der Waals surface area contributed by atoms with Crippen LogP contribution >= 0.6 is 12.2 Å². The van der Waals surface area contributed by atoms with Crippen LogP contribution in [0.4, 0.5) is 0 Å². The van der Waals surface area contributed by atoms with Crippen molar-refractivity contribution in [1.29, 1.82) is 0 Å². The minimum Gasteiger partial charge on any atom is -0.477 e. The first-order valence-electron chi connectivity index (χ1n) is 4.75. The standard InChI is InChI=1S/C11H10N2O2S/c14-10(15)9-8(12-11(16)13-9)6-7-4-2-1-3-5-7/h1-5H,6H2,(H,14,15)(H2,12,13,16). The van der Waals surface area contributed by atoms with Gasteiger partial charge in [0, 0.05) is 6.42 Å². The Hall–Kier alpha value is -1.88. The summed E-state index contributed by atoms with van der Waals surface area (Å²) in [6.45, 7) is 0. The van der Waals surface area contributed by atoms with Gasteiger partial charge in [-0.15, -0.1) is 0 Å². The van der Waals surface area contributed by atoms with Gasteiger partial charge in [-0.3, -0.25) is 0 Å². The molecule has 0 saturated carbocycles. The van der Waals surface area contributed by atoms with Crippen LogP contribution in [0.3, 0.4) is 0 Å². The second-order valence-corrected chi connectivity index (χ2v) is 3.81. The molecule has 0 atom stereocenters. The molecule has 2 aromatic rings. The van der Waals surface area contributed by atoms with Gasteiger partial charge in [0.1, 0.15) is 5.69 Å². The van der Waals surface area contributed by atoms with Crippen molar-refractivity contribution in [1.82, 2.24) is 9.97 Å². The zero-order valence-electron chi connectivity index (χ0n) is 8.36. The maximum absolute atomic E-state index is 10.9. The van der Waals surface area contributed by atoms with E-state index in [0.29, 0.717) is 16.9 Å². The summed E-state index contributed by atoms with van der Waals surface area (Å²) < 4.78 is 0.336. The highest BCUT2D eigenvalue weighted by atomic mass is 32.1. The predicted molar refractivity (Wildman–Crippen MR) is 62.2 cm³/mol. The summed E-state index contributed by atoms with van der Waals surface area (Å²) in [4.78, 5) is 16.4. The lowest BCUT2D eigenvalue weighted by molar-refractivity contribution is 0.0690. The molecule has 1 heterocycles. The molecule has 0 saturated heterocycles. The quantitative estimate of drug-likeness (QED) is 0.714. The van der Waals surface area contributed by atoms with Crippen LogP contribution in [0.5, 0.6) is 0 Å². The fraction of sp³-hybridized carbons (Fsp3) is 0.0909. The van der Waals surface area contributed by atoms with Crippen LogP contribution < -0.4 is 0 Å². The molecule has 0 spiro atoms. The van der Waals surface area contributed by atoms with Crippen molar-refractivity contribution in [2.75, 3.05) is 0 Å². The molecule has 2 rings (SSSR count). The van der Waals surface area contributed by atoms with E-state index >= 15 is 0 Å². The molecule has 0 aliphatic carbocycles. The molecule has 3 N–H and O–H groups in total. The number of carboxylic acid groups (broad SMARTS) is 1. The molecule has 0 radical (unpaired) electrons. The fourth-order valence-electron chi connectivity index (χ4n) is 1.53. The lowest BCUT2D eigenvalue weighted by Gasteiger charge is -1.99. The smallest absolute Gasteiger partial charge is 0.354 e. The molecular weight excluding hydrogens is 224 g/mol. The maximum atomic E-state index is 10.9. The van der Waals surface area contributed by atoms with Gasteiger partial charge in [0.05, 0.1) is 5.69 Å². The number of hydrogen-bond donors (Lipinski definition) is 3. The third-order valence-electron chi connectivity index (χ3n) is 2.24. The molecule has 82 valence electrons. The average Bonchev–Trinajstić information content (AvgIpc) is 2.61. The number of imidazole rings is 1. The zero-order chi connectivity index (χ0) is 11.5. The maximum Gasteiger partial charge on any atom is 0.354 e. The van der Waals surface area contributed by atoms with Gasteiger partial charge in [-0.2, -0.15) is 0 Å². The van der Waals surface area contributed by atoms with Crippen molar-refractivity contribution in [3.63, 3.8) is 0 Å². The van der Waals surface area contributed by atoms with Crippen LogP contribution in [0.2, 0.25) is 0 Å². The van der Waals surface area contributed by atoms with Gasteiger partial charge in [0.2, 0.25) is 0 Å². The van der Waals surface area contributed by atoms with Crippen LogP contribution in [0.1, 0.15) is 21.7 Å². The fourth-order valence-corrected chi connectivity index (χ4v) is 1.76. The number of aromatic amines is 2. The van der Waals surface area contributed by atoms with E-state index in [-0.39, 0.29) is 5.69 Å².